The van der Waals surface area contributed by atoms with Gasteiger partial charge in [-0.15, -0.1) is 0 Å². The summed E-state index contributed by atoms with van der Waals surface area (Å²) in [6.07, 6.45) is 1.72. The molecule has 0 aliphatic heterocycles. The van der Waals surface area contributed by atoms with E-state index in [4.69, 9.17) is 28.3 Å². The fourth-order valence-corrected chi connectivity index (χ4v) is 3.99. The molecule has 36 heavy (non-hydrogen) atoms. The first-order valence-corrected chi connectivity index (χ1v) is 11.9. The molecule has 5 aromatic rings. The minimum absolute atomic E-state index is 0.378. The van der Waals surface area contributed by atoms with Gasteiger partial charge in [0.15, 0.2) is 0 Å². The van der Waals surface area contributed by atoms with Gasteiger partial charge >= 0.3 is 0 Å². The molecule has 1 heterocycles. The van der Waals surface area contributed by atoms with Crippen LogP contribution in [-0.2, 0) is 0 Å². The van der Waals surface area contributed by atoms with Crippen LogP contribution in [0.3, 0.4) is 0 Å². The minimum Gasteiger partial charge on any atom is -0.267 e. The van der Waals surface area contributed by atoms with Gasteiger partial charge < -0.3 is 0 Å². The van der Waals surface area contributed by atoms with Crippen molar-refractivity contribution in [3.8, 4) is 16.9 Å². The lowest BCUT2D eigenvalue weighted by atomic mass is 10.0. The maximum absolute atomic E-state index is 13.4. The molecule has 0 saturated carbocycles. The number of hydrazone groups is 1. The van der Waals surface area contributed by atoms with E-state index < -0.39 is 0 Å². The summed E-state index contributed by atoms with van der Waals surface area (Å²) in [5, 5.41) is 10.4. The minimum atomic E-state index is -0.378. The second-order valence-corrected chi connectivity index (χ2v) is 8.83. The van der Waals surface area contributed by atoms with Gasteiger partial charge in [0, 0.05) is 32.9 Å². The molecule has 0 bridgehead atoms. The van der Waals surface area contributed by atoms with E-state index in [0.29, 0.717) is 27.0 Å². The molecule has 176 valence electrons. The third-order valence-corrected chi connectivity index (χ3v) is 6.04. The number of aromatic nitrogens is 2. The van der Waals surface area contributed by atoms with Crippen LogP contribution < -0.4 is 5.43 Å². The molecule has 0 unspecified atom stereocenters. The highest BCUT2D eigenvalue weighted by Gasteiger charge is 2.19. The summed E-state index contributed by atoms with van der Waals surface area (Å²) in [4.78, 5) is 13.4. The molecular weight excluding hydrogens is 491 g/mol. The van der Waals surface area contributed by atoms with Gasteiger partial charge in [0.05, 0.1) is 17.0 Å². The molecule has 0 aliphatic rings. The van der Waals surface area contributed by atoms with Gasteiger partial charge in [0.2, 0.25) is 0 Å². The van der Waals surface area contributed by atoms with E-state index in [1.807, 2.05) is 84.9 Å². The molecule has 4 aromatic carbocycles. The number of carbonyl (C=O) groups excluding carboxylic acids is 1. The second kappa shape index (κ2) is 10.6. The molecular formula is C29H20Cl2N4O. The van der Waals surface area contributed by atoms with Crippen LogP contribution in [0.2, 0.25) is 10.0 Å². The summed E-state index contributed by atoms with van der Waals surface area (Å²) >= 11 is 12.2. The van der Waals surface area contributed by atoms with Crippen molar-refractivity contribution in [1.82, 2.24) is 15.2 Å². The van der Waals surface area contributed by atoms with E-state index in [1.54, 1.807) is 35.1 Å². The fraction of sp³-hybridized carbons (Fsp3) is 0. The smallest absolute Gasteiger partial charge is 0.267 e. The average Bonchev–Trinajstić information content (AvgIpc) is 3.37. The van der Waals surface area contributed by atoms with Crippen LogP contribution in [0.4, 0.5) is 0 Å². The first kappa shape index (κ1) is 23.5. The number of halogens is 2. The zero-order valence-electron chi connectivity index (χ0n) is 19.0. The molecule has 7 heteroatoms. The van der Waals surface area contributed by atoms with Crippen LogP contribution >= 0.6 is 23.2 Å². The standard InChI is InChI=1S/C29H20Cl2N4O/c30-23-15-11-21(12-16-23)27(22-13-17-24(31)18-14-22)32-33-29(36)26-19-35(25-9-5-2-6-10-25)34-28(26)20-7-3-1-4-8-20/h1-19H,(H,33,36). The molecule has 0 fully saturated rings. The van der Waals surface area contributed by atoms with Gasteiger partial charge in [-0.3, -0.25) is 4.79 Å². The van der Waals surface area contributed by atoms with Crippen LogP contribution in [0.5, 0.6) is 0 Å². The molecule has 0 spiro atoms. The van der Waals surface area contributed by atoms with E-state index in [9.17, 15) is 4.79 Å². The Labute approximate surface area is 218 Å². The summed E-state index contributed by atoms with van der Waals surface area (Å²) in [7, 11) is 0. The monoisotopic (exact) mass is 510 g/mol. The molecule has 0 atom stereocenters. The molecule has 1 N–H and O–H groups in total. The van der Waals surface area contributed by atoms with Gasteiger partial charge in [-0.1, -0.05) is 96.0 Å². The van der Waals surface area contributed by atoms with Crippen molar-refractivity contribution in [2.45, 2.75) is 0 Å². The second-order valence-electron chi connectivity index (χ2n) is 7.95. The Bertz CT molecular complexity index is 1460. The number of hydrogen-bond donors (Lipinski definition) is 1. The topological polar surface area (TPSA) is 59.3 Å². The maximum atomic E-state index is 13.4. The SMILES string of the molecule is O=C(NN=C(c1ccc(Cl)cc1)c1ccc(Cl)cc1)c1cn(-c2ccccc2)nc1-c1ccccc1. The number of benzene rings is 4. The highest BCUT2D eigenvalue weighted by Crippen LogP contribution is 2.24. The first-order valence-electron chi connectivity index (χ1n) is 11.2. The summed E-state index contributed by atoms with van der Waals surface area (Å²) in [5.41, 5.74) is 7.54. The molecule has 1 amide bonds. The van der Waals surface area contributed by atoms with Gasteiger partial charge in [-0.05, 0) is 36.4 Å². The molecule has 1 aromatic heterocycles. The van der Waals surface area contributed by atoms with Crippen LogP contribution in [0, 0.1) is 0 Å². The highest BCUT2D eigenvalue weighted by atomic mass is 35.5. The van der Waals surface area contributed by atoms with E-state index in [-0.39, 0.29) is 5.91 Å². The van der Waals surface area contributed by atoms with Gasteiger partial charge in [0.25, 0.3) is 5.91 Å². The Balaban J connectivity index is 1.54. The lowest BCUT2D eigenvalue weighted by Crippen LogP contribution is -2.21. The summed E-state index contributed by atoms with van der Waals surface area (Å²) < 4.78 is 1.69. The summed E-state index contributed by atoms with van der Waals surface area (Å²) in [6, 6.07) is 33.8. The number of nitrogens with zero attached hydrogens (tertiary/aromatic N) is 3. The van der Waals surface area contributed by atoms with E-state index in [1.165, 1.54) is 0 Å². The molecule has 0 saturated heterocycles. The van der Waals surface area contributed by atoms with Crippen molar-refractivity contribution >= 4 is 34.8 Å². The summed E-state index contributed by atoms with van der Waals surface area (Å²) in [6.45, 7) is 0. The number of carbonyl (C=O) groups is 1. The average molecular weight is 511 g/mol. The Kier molecular flexibility index (Phi) is 6.94. The fourth-order valence-electron chi connectivity index (χ4n) is 3.74. The normalized spacial score (nSPS) is 10.6. The predicted octanol–water partition coefficient (Wildman–Crippen LogP) is 7.03. The van der Waals surface area contributed by atoms with Gasteiger partial charge in [-0.2, -0.15) is 10.2 Å². The van der Waals surface area contributed by atoms with Crippen LogP contribution in [-0.4, -0.2) is 21.4 Å². The number of nitrogens with one attached hydrogen (secondary N) is 1. The predicted molar refractivity (Wildman–Crippen MR) is 145 cm³/mol. The number of hydrogen-bond acceptors (Lipinski definition) is 3. The van der Waals surface area contributed by atoms with Crippen LogP contribution in [0.25, 0.3) is 16.9 Å². The molecule has 0 radical (unpaired) electrons. The zero-order chi connectivity index (χ0) is 24.9. The van der Waals surface area contributed by atoms with Crippen LogP contribution in [0.15, 0.2) is 120 Å². The number of amides is 1. The van der Waals surface area contributed by atoms with Gasteiger partial charge in [-0.25, -0.2) is 10.1 Å². The number of rotatable bonds is 6. The van der Waals surface area contributed by atoms with Crippen molar-refractivity contribution < 1.29 is 4.79 Å². The van der Waals surface area contributed by atoms with Crippen LogP contribution in [0.1, 0.15) is 21.5 Å². The third-order valence-electron chi connectivity index (χ3n) is 5.53. The lowest BCUT2D eigenvalue weighted by molar-refractivity contribution is 0.0955. The molecule has 0 aliphatic carbocycles. The van der Waals surface area contributed by atoms with Crippen molar-refractivity contribution in [2.24, 2.45) is 5.10 Å². The Morgan fingerprint density at radius 1 is 0.722 bits per heavy atom. The van der Waals surface area contributed by atoms with Crippen molar-refractivity contribution in [3.05, 3.63) is 142 Å². The highest BCUT2D eigenvalue weighted by molar-refractivity contribution is 6.31. The van der Waals surface area contributed by atoms with Crippen molar-refractivity contribution in [1.29, 1.82) is 0 Å². The van der Waals surface area contributed by atoms with Crippen molar-refractivity contribution in [2.75, 3.05) is 0 Å². The summed E-state index contributed by atoms with van der Waals surface area (Å²) in [5.74, 6) is -0.378. The molecule has 5 nitrogen and oxygen atoms in total. The Hall–Kier alpha value is -4.19. The largest absolute Gasteiger partial charge is 0.275 e. The quantitative estimate of drug-likeness (QED) is 0.197. The van der Waals surface area contributed by atoms with Crippen molar-refractivity contribution in [3.63, 3.8) is 0 Å². The van der Waals surface area contributed by atoms with E-state index in [0.717, 1.165) is 22.4 Å². The Morgan fingerprint density at radius 2 is 1.25 bits per heavy atom. The van der Waals surface area contributed by atoms with E-state index >= 15 is 0 Å². The third kappa shape index (κ3) is 5.23. The first-order chi connectivity index (χ1) is 17.6. The van der Waals surface area contributed by atoms with Gasteiger partial charge in [0.1, 0.15) is 5.69 Å². The lowest BCUT2D eigenvalue weighted by Gasteiger charge is -2.09. The van der Waals surface area contributed by atoms with E-state index in [2.05, 4.69) is 10.5 Å². The zero-order valence-corrected chi connectivity index (χ0v) is 20.5. The maximum Gasteiger partial charge on any atom is 0.275 e. The number of para-hydroxylation sites is 1. The molecule has 5 rings (SSSR count). The Morgan fingerprint density at radius 3 is 1.81 bits per heavy atom.